The second-order valence-electron chi connectivity index (χ2n) is 7.71. The molecule has 0 aliphatic carbocycles. The van der Waals surface area contributed by atoms with Gasteiger partial charge in [-0.05, 0) is 85.2 Å². The minimum absolute atomic E-state index is 0.200. The highest BCUT2D eigenvalue weighted by Gasteiger charge is 2.51. The maximum Gasteiger partial charge on any atom is 0.417 e. The van der Waals surface area contributed by atoms with Crippen molar-refractivity contribution in [2.45, 2.75) is 38.4 Å². The van der Waals surface area contributed by atoms with Crippen LogP contribution in [0, 0.1) is 14.9 Å². The highest BCUT2D eigenvalue weighted by atomic mass is 127. The first-order valence-electron chi connectivity index (χ1n) is 9.49. The SMILES string of the molecule is CC1(C)C(=O)N(c2ccc(C#N)c(C(F)(F)F)c2)C(=O)N1CCCc1cccc(I)c1. The van der Waals surface area contributed by atoms with Crippen LogP contribution in [0.3, 0.4) is 0 Å². The number of carbonyl (C=O) groups is 2. The lowest BCUT2D eigenvalue weighted by molar-refractivity contribution is -0.137. The van der Waals surface area contributed by atoms with Gasteiger partial charge in [-0.3, -0.25) is 4.79 Å². The van der Waals surface area contributed by atoms with Crippen LogP contribution in [0.1, 0.15) is 37.0 Å². The number of imide groups is 1. The van der Waals surface area contributed by atoms with Gasteiger partial charge in [-0.2, -0.15) is 18.4 Å². The Balaban J connectivity index is 1.85. The smallest absolute Gasteiger partial charge is 0.310 e. The molecule has 0 spiro atoms. The van der Waals surface area contributed by atoms with Crippen molar-refractivity contribution in [2.24, 2.45) is 0 Å². The van der Waals surface area contributed by atoms with Crippen LogP contribution < -0.4 is 4.90 Å². The zero-order valence-electron chi connectivity index (χ0n) is 16.8. The van der Waals surface area contributed by atoms with Gasteiger partial charge in [-0.15, -0.1) is 0 Å². The molecule has 9 heteroatoms. The number of urea groups is 1. The molecule has 1 aliphatic heterocycles. The van der Waals surface area contributed by atoms with Gasteiger partial charge < -0.3 is 4.90 Å². The summed E-state index contributed by atoms with van der Waals surface area (Å²) < 4.78 is 41.1. The molecule has 0 aromatic heterocycles. The molecule has 31 heavy (non-hydrogen) atoms. The Morgan fingerprint density at radius 3 is 2.45 bits per heavy atom. The molecule has 3 amide bonds. The Hall–Kier alpha value is -2.61. The number of hydrogen-bond acceptors (Lipinski definition) is 3. The molecule has 5 nitrogen and oxygen atoms in total. The van der Waals surface area contributed by atoms with Crippen molar-refractivity contribution in [1.29, 1.82) is 5.26 Å². The maximum atomic E-state index is 13.3. The van der Waals surface area contributed by atoms with E-state index in [1.54, 1.807) is 13.8 Å². The summed E-state index contributed by atoms with van der Waals surface area (Å²) >= 11 is 2.21. The lowest BCUT2D eigenvalue weighted by atomic mass is 10.0. The minimum atomic E-state index is -4.78. The molecular weight excluding hydrogens is 522 g/mol. The number of anilines is 1. The molecule has 1 heterocycles. The fourth-order valence-electron chi connectivity index (χ4n) is 3.58. The van der Waals surface area contributed by atoms with E-state index in [0.29, 0.717) is 18.9 Å². The number of nitriles is 1. The van der Waals surface area contributed by atoms with E-state index in [0.717, 1.165) is 20.1 Å². The number of aryl methyl sites for hydroxylation is 1. The molecule has 1 aliphatic rings. The van der Waals surface area contributed by atoms with Crippen LogP contribution >= 0.6 is 22.6 Å². The number of hydrogen-bond donors (Lipinski definition) is 0. The van der Waals surface area contributed by atoms with Gasteiger partial charge in [0, 0.05) is 10.1 Å². The summed E-state index contributed by atoms with van der Waals surface area (Å²) in [6.45, 7) is 3.43. The predicted octanol–water partition coefficient (Wildman–Crippen LogP) is 5.36. The number of rotatable bonds is 5. The summed E-state index contributed by atoms with van der Waals surface area (Å²) in [5, 5.41) is 8.97. The van der Waals surface area contributed by atoms with E-state index in [9.17, 15) is 22.8 Å². The number of carbonyl (C=O) groups excluding carboxylic acids is 2. The molecule has 0 N–H and O–H groups in total. The van der Waals surface area contributed by atoms with Gasteiger partial charge in [0.05, 0.1) is 22.9 Å². The molecule has 0 bridgehead atoms. The summed E-state index contributed by atoms with van der Waals surface area (Å²) in [7, 11) is 0. The third kappa shape index (κ3) is 4.54. The van der Waals surface area contributed by atoms with Gasteiger partial charge in [0.25, 0.3) is 5.91 Å². The summed E-state index contributed by atoms with van der Waals surface area (Å²) in [6, 6.07) is 11.6. The predicted molar refractivity (Wildman–Crippen MR) is 117 cm³/mol. The van der Waals surface area contributed by atoms with Crippen molar-refractivity contribution < 1.29 is 22.8 Å². The van der Waals surface area contributed by atoms with Gasteiger partial charge in [-0.1, -0.05) is 12.1 Å². The topological polar surface area (TPSA) is 64.4 Å². The fraction of sp³-hybridized carbons (Fsp3) is 0.318. The summed E-state index contributed by atoms with van der Waals surface area (Å²) in [4.78, 5) is 28.1. The molecule has 0 saturated carbocycles. The zero-order valence-corrected chi connectivity index (χ0v) is 19.0. The van der Waals surface area contributed by atoms with Crippen molar-refractivity contribution in [3.63, 3.8) is 0 Å². The Bertz CT molecular complexity index is 1080. The van der Waals surface area contributed by atoms with Crippen LogP contribution in [-0.2, 0) is 17.4 Å². The van der Waals surface area contributed by atoms with Crippen LogP contribution in [0.15, 0.2) is 42.5 Å². The third-order valence-electron chi connectivity index (χ3n) is 5.25. The van der Waals surface area contributed by atoms with E-state index in [2.05, 4.69) is 22.6 Å². The lowest BCUT2D eigenvalue weighted by Gasteiger charge is -2.27. The summed E-state index contributed by atoms with van der Waals surface area (Å²) in [5.41, 5.74) is -2.04. The van der Waals surface area contributed by atoms with Crippen molar-refractivity contribution in [1.82, 2.24) is 4.90 Å². The van der Waals surface area contributed by atoms with Crippen molar-refractivity contribution in [3.05, 3.63) is 62.7 Å². The van der Waals surface area contributed by atoms with E-state index < -0.39 is 34.8 Å². The summed E-state index contributed by atoms with van der Waals surface area (Å²) in [6.07, 6.45) is -3.49. The quantitative estimate of drug-likeness (QED) is 0.378. The normalized spacial score (nSPS) is 16.0. The maximum absolute atomic E-state index is 13.3. The van der Waals surface area contributed by atoms with Crippen molar-refractivity contribution in [2.75, 3.05) is 11.4 Å². The molecule has 162 valence electrons. The average Bonchev–Trinajstić information content (AvgIpc) is 2.86. The average molecular weight is 541 g/mol. The van der Waals surface area contributed by atoms with Crippen molar-refractivity contribution in [3.8, 4) is 6.07 Å². The standard InChI is InChI=1S/C22H19F3IN3O2/c1-21(2)19(30)29(17-9-8-15(13-27)18(12-17)22(23,24)25)20(31)28(21)10-4-6-14-5-3-7-16(26)11-14/h3,5,7-9,11-12H,4,6,10H2,1-2H3. The molecule has 3 rings (SSSR count). The highest BCUT2D eigenvalue weighted by molar-refractivity contribution is 14.1. The van der Waals surface area contributed by atoms with Gasteiger partial charge in [0.15, 0.2) is 0 Å². The van der Waals surface area contributed by atoms with Gasteiger partial charge >= 0.3 is 12.2 Å². The Morgan fingerprint density at radius 1 is 1.13 bits per heavy atom. The van der Waals surface area contributed by atoms with Crippen LogP contribution in [0.5, 0.6) is 0 Å². The molecular formula is C22H19F3IN3O2. The first-order chi connectivity index (χ1) is 14.5. The molecule has 2 aromatic carbocycles. The lowest BCUT2D eigenvalue weighted by Crippen LogP contribution is -2.44. The number of amides is 3. The van der Waals surface area contributed by atoms with Crippen LogP contribution in [0.2, 0.25) is 0 Å². The second kappa shape index (κ2) is 8.49. The summed E-state index contributed by atoms with van der Waals surface area (Å²) in [5.74, 6) is -0.607. The minimum Gasteiger partial charge on any atom is -0.310 e. The number of alkyl halides is 3. The molecule has 2 aromatic rings. The van der Waals surface area contributed by atoms with Crippen LogP contribution in [0.25, 0.3) is 0 Å². The molecule has 1 saturated heterocycles. The van der Waals surface area contributed by atoms with Crippen LogP contribution in [-0.4, -0.2) is 28.9 Å². The van der Waals surface area contributed by atoms with Crippen LogP contribution in [0.4, 0.5) is 23.7 Å². The van der Waals surface area contributed by atoms with E-state index in [1.807, 2.05) is 24.3 Å². The van der Waals surface area contributed by atoms with Gasteiger partial charge in [0.1, 0.15) is 5.54 Å². The molecule has 1 fully saturated rings. The van der Waals surface area contributed by atoms with E-state index >= 15 is 0 Å². The van der Waals surface area contributed by atoms with Crippen molar-refractivity contribution >= 4 is 40.2 Å². The Labute approximate surface area is 191 Å². The largest absolute Gasteiger partial charge is 0.417 e. The number of nitrogens with zero attached hydrogens (tertiary/aromatic N) is 3. The fourth-order valence-corrected chi connectivity index (χ4v) is 4.18. The molecule has 0 radical (unpaired) electrons. The van der Waals surface area contributed by atoms with E-state index in [-0.39, 0.29) is 12.2 Å². The van der Waals surface area contributed by atoms with Gasteiger partial charge in [-0.25, -0.2) is 9.69 Å². The monoisotopic (exact) mass is 541 g/mol. The molecule has 0 atom stereocenters. The third-order valence-corrected chi connectivity index (χ3v) is 5.92. The Kier molecular flexibility index (Phi) is 6.32. The highest BCUT2D eigenvalue weighted by Crippen LogP contribution is 2.37. The molecule has 0 unspecified atom stereocenters. The number of benzene rings is 2. The van der Waals surface area contributed by atoms with Gasteiger partial charge in [0.2, 0.25) is 0 Å². The second-order valence-corrected chi connectivity index (χ2v) is 8.95. The zero-order chi connectivity index (χ0) is 23.0. The first-order valence-corrected chi connectivity index (χ1v) is 10.6. The first kappa shape index (κ1) is 23.1. The van der Waals surface area contributed by atoms with E-state index in [4.69, 9.17) is 5.26 Å². The van der Waals surface area contributed by atoms with E-state index in [1.165, 1.54) is 17.0 Å². The Morgan fingerprint density at radius 2 is 1.84 bits per heavy atom. The number of halogens is 4.